The lowest BCUT2D eigenvalue weighted by Gasteiger charge is -2.32. The van der Waals surface area contributed by atoms with Crippen molar-refractivity contribution < 1.29 is 9.31 Å². The molecule has 128 valence electrons. The molecule has 3 nitrogen and oxygen atoms in total. The van der Waals surface area contributed by atoms with E-state index >= 15 is 0 Å². The van der Waals surface area contributed by atoms with Crippen LogP contribution in [0.4, 0.5) is 0 Å². The van der Waals surface area contributed by atoms with Crippen LogP contribution in [0.1, 0.15) is 38.8 Å². The molecule has 0 atom stereocenters. The van der Waals surface area contributed by atoms with Gasteiger partial charge < -0.3 is 9.31 Å². The first-order chi connectivity index (χ1) is 11.8. The summed E-state index contributed by atoms with van der Waals surface area (Å²) in [5.41, 5.74) is 3.89. The number of hydrogen-bond donors (Lipinski definition) is 0. The Labute approximate surface area is 150 Å². The van der Waals surface area contributed by atoms with E-state index in [1.807, 2.05) is 76.4 Å². The predicted octanol–water partition coefficient (Wildman–Crippen LogP) is 4.33. The van der Waals surface area contributed by atoms with Gasteiger partial charge in [0.2, 0.25) is 0 Å². The van der Waals surface area contributed by atoms with Crippen LogP contribution in [0.15, 0.2) is 49.7 Å². The molecule has 1 aromatic heterocycles. The van der Waals surface area contributed by atoms with Crippen molar-refractivity contribution in [2.45, 2.75) is 38.9 Å². The van der Waals surface area contributed by atoms with Gasteiger partial charge in [0.05, 0.1) is 16.9 Å². The van der Waals surface area contributed by atoms with Gasteiger partial charge in [0.25, 0.3) is 0 Å². The SMILES string of the molecule is C=Cc1c(B2OC(C)(C)C(C)(C)O2)cnc(-c2ccccc2)c1C=C. The van der Waals surface area contributed by atoms with Crippen molar-refractivity contribution in [3.63, 3.8) is 0 Å². The molecule has 25 heavy (non-hydrogen) atoms. The lowest BCUT2D eigenvalue weighted by atomic mass is 9.75. The largest absolute Gasteiger partial charge is 0.497 e. The van der Waals surface area contributed by atoms with Gasteiger partial charge in [-0.3, -0.25) is 4.98 Å². The number of nitrogens with zero attached hydrogens (tertiary/aromatic N) is 1. The molecule has 1 saturated heterocycles. The zero-order chi connectivity index (χ0) is 18.2. The molecule has 2 aromatic rings. The molecule has 1 aromatic carbocycles. The van der Waals surface area contributed by atoms with E-state index in [1.165, 1.54) is 0 Å². The number of rotatable bonds is 4. The number of hydrogen-bond acceptors (Lipinski definition) is 3. The van der Waals surface area contributed by atoms with E-state index < -0.39 is 18.3 Å². The smallest absolute Gasteiger partial charge is 0.399 e. The maximum absolute atomic E-state index is 6.19. The highest BCUT2D eigenvalue weighted by Crippen LogP contribution is 2.37. The molecular weight excluding hydrogens is 309 g/mol. The summed E-state index contributed by atoms with van der Waals surface area (Å²) in [6.45, 7) is 16.1. The summed E-state index contributed by atoms with van der Waals surface area (Å²) in [7, 11) is -0.478. The minimum Gasteiger partial charge on any atom is -0.399 e. The molecule has 0 spiro atoms. The minimum atomic E-state index is -0.478. The van der Waals surface area contributed by atoms with Crippen molar-refractivity contribution in [2.75, 3.05) is 0 Å². The van der Waals surface area contributed by atoms with Crippen molar-refractivity contribution in [3.05, 3.63) is 60.8 Å². The Hall–Kier alpha value is -2.17. The van der Waals surface area contributed by atoms with Crippen LogP contribution >= 0.6 is 0 Å². The Bertz CT molecular complexity index is 796. The van der Waals surface area contributed by atoms with Crippen molar-refractivity contribution in [1.29, 1.82) is 0 Å². The summed E-state index contributed by atoms with van der Waals surface area (Å²) in [5, 5.41) is 0. The fraction of sp³-hybridized carbons (Fsp3) is 0.286. The van der Waals surface area contributed by atoms with E-state index in [0.717, 1.165) is 27.8 Å². The second kappa shape index (κ2) is 6.28. The van der Waals surface area contributed by atoms with Crippen LogP contribution in [0, 0.1) is 0 Å². The number of aromatic nitrogens is 1. The first kappa shape index (κ1) is 17.7. The summed E-state index contributed by atoms with van der Waals surface area (Å²) in [5.74, 6) is 0. The third-order valence-electron chi connectivity index (χ3n) is 5.15. The van der Waals surface area contributed by atoms with E-state index in [-0.39, 0.29) is 0 Å². The van der Waals surface area contributed by atoms with Gasteiger partial charge in [-0.05, 0) is 33.3 Å². The Morgan fingerprint density at radius 2 is 1.48 bits per heavy atom. The van der Waals surface area contributed by atoms with Crippen LogP contribution < -0.4 is 5.46 Å². The van der Waals surface area contributed by atoms with Crippen LogP contribution in [-0.2, 0) is 9.31 Å². The second-order valence-electron chi connectivity index (χ2n) is 7.25. The first-order valence-electron chi connectivity index (χ1n) is 8.49. The third kappa shape index (κ3) is 2.96. The summed E-state index contributed by atoms with van der Waals surface area (Å²) in [4.78, 5) is 4.69. The highest BCUT2D eigenvalue weighted by molar-refractivity contribution is 6.63. The molecule has 0 N–H and O–H groups in total. The van der Waals surface area contributed by atoms with Crippen LogP contribution in [0.3, 0.4) is 0 Å². The molecule has 3 rings (SSSR count). The molecule has 0 unspecified atom stereocenters. The van der Waals surface area contributed by atoms with Gasteiger partial charge in [-0.15, -0.1) is 0 Å². The Morgan fingerprint density at radius 3 is 2.00 bits per heavy atom. The lowest BCUT2D eigenvalue weighted by Crippen LogP contribution is -2.41. The summed E-state index contributed by atoms with van der Waals surface area (Å²) < 4.78 is 12.4. The van der Waals surface area contributed by atoms with Crippen molar-refractivity contribution in [1.82, 2.24) is 4.98 Å². The quantitative estimate of drug-likeness (QED) is 0.780. The molecule has 0 aliphatic carbocycles. The van der Waals surface area contributed by atoms with Gasteiger partial charge in [-0.25, -0.2) is 0 Å². The average Bonchev–Trinajstić information content (AvgIpc) is 2.81. The number of benzene rings is 1. The summed E-state index contributed by atoms with van der Waals surface area (Å²) in [6, 6.07) is 10.1. The molecular formula is C21H24BNO2. The van der Waals surface area contributed by atoms with E-state index in [4.69, 9.17) is 9.31 Å². The Morgan fingerprint density at radius 1 is 0.920 bits per heavy atom. The van der Waals surface area contributed by atoms with E-state index in [1.54, 1.807) is 0 Å². The summed E-state index contributed by atoms with van der Waals surface area (Å²) >= 11 is 0. The highest BCUT2D eigenvalue weighted by Gasteiger charge is 2.52. The third-order valence-corrected chi connectivity index (χ3v) is 5.15. The average molecular weight is 333 g/mol. The van der Waals surface area contributed by atoms with Gasteiger partial charge in [0.1, 0.15) is 0 Å². The van der Waals surface area contributed by atoms with Crippen LogP contribution in [0.25, 0.3) is 23.4 Å². The van der Waals surface area contributed by atoms with Gasteiger partial charge in [0, 0.05) is 22.8 Å². The summed E-state index contributed by atoms with van der Waals surface area (Å²) in [6.07, 6.45) is 5.47. The van der Waals surface area contributed by atoms with Crippen LogP contribution in [0.5, 0.6) is 0 Å². The van der Waals surface area contributed by atoms with E-state index in [9.17, 15) is 0 Å². The Balaban J connectivity index is 2.12. The first-order valence-corrected chi connectivity index (χ1v) is 8.49. The lowest BCUT2D eigenvalue weighted by molar-refractivity contribution is 0.00578. The second-order valence-corrected chi connectivity index (χ2v) is 7.25. The van der Waals surface area contributed by atoms with E-state index in [2.05, 4.69) is 18.1 Å². The molecule has 1 fully saturated rings. The fourth-order valence-corrected chi connectivity index (χ4v) is 2.97. The topological polar surface area (TPSA) is 31.4 Å². The molecule has 0 radical (unpaired) electrons. The van der Waals surface area contributed by atoms with Crippen molar-refractivity contribution in [3.8, 4) is 11.3 Å². The Kier molecular flexibility index (Phi) is 4.44. The van der Waals surface area contributed by atoms with Crippen LogP contribution in [0.2, 0.25) is 0 Å². The molecule has 0 bridgehead atoms. The van der Waals surface area contributed by atoms with Crippen molar-refractivity contribution in [2.24, 2.45) is 0 Å². The van der Waals surface area contributed by atoms with Gasteiger partial charge in [-0.1, -0.05) is 55.6 Å². The molecule has 1 aliphatic heterocycles. The van der Waals surface area contributed by atoms with Gasteiger partial charge >= 0.3 is 7.12 Å². The van der Waals surface area contributed by atoms with Crippen LogP contribution in [-0.4, -0.2) is 23.3 Å². The predicted molar refractivity (Wildman–Crippen MR) is 106 cm³/mol. The van der Waals surface area contributed by atoms with Gasteiger partial charge in [-0.2, -0.15) is 0 Å². The van der Waals surface area contributed by atoms with Crippen molar-refractivity contribution >= 4 is 24.7 Å². The maximum atomic E-state index is 6.19. The zero-order valence-electron chi connectivity index (χ0n) is 15.4. The zero-order valence-corrected chi connectivity index (χ0v) is 15.4. The molecule has 2 heterocycles. The minimum absolute atomic E-state index is 0.400. The standard InChI is InChI=1S/C21H24BNO2/c1-7-16-17(8-2)19(15-12-10-9-11-13-15)23-14-18(16)22-24-20(3,4)21(5,6)25-22/h7-14H,1-2H2,3-6H3. The van der Waals surface area contributed by atoms with E-state index in [0.29, 0.717) is 0 Å². The monoisotopic (exact) mass is 333 g/mol. The molecule has 0 saturated carbocycles. The highest BCUT2D eigenvalue weighted by atomic mass is 16.7. The fourth-order valence-electron chi connectivity index (χ4n) is 2.97. The van der Waals surface area contributed by atoms with Gasteiger partial charge in [0.15, 0.2) is 0 Å². The molecule has 1 aliphatic rings. The number of pyridine rings is 1. The molecule has 4 heteroatoms. The normalized spacial score (nSPS) is 18.2. The maximum Gasteiger partial charge on any atom is 0.497 e. The molecule has 0 amide bonds.